The quantitative estimate of drug-likeness (QED) is 0.901. The largest absolute Gasteiger partial charge is 0.330 e. The minimum atomic E-state index is 0.438. The smallest absolute Gasteiger partial charge is 0.0305 e. The van der Waals surface area contributed by atoms with E-state index in [2.05, 4.69) is 23.3 Å². The summed E-state index contributed by atoms with van der Waals surface area (Å²) in [5.41, 5.74) is 8.43. The van der Waals surface area contributed by atoms with Crippen LogP contribution in [0.5, 0.6) is 0 Å². The van der Waals surface area contributed by atoms with Gasteiger partial charge in [-0.1, -0.05) is 6.07 Å². The third-order valence-corrected chi connectivity index (χ3v) is 6.13. The van der Waals surface area contributed by atoms with E-state index in [9.17, 15) is 0 Å². The number of rotatable bonds is 3. The van der Waals surface area contributed by atoms with Crippen molar-refractivity contribution < 1.29 is 0 Å². The molecule has 5 rings (SSSR count). The van der Waals surface area contributed by atoms with Gasteiger partial charge in [0, 0.05) is 12.4 Å². The summed E-state index contributed by atoms with van der Waals surface area (Å²) in [6.45, 7) is 0.864. The fourth-order valence-electron chi connectivity index (χ4n) is 6.07. The maximum atomic E-state index is 5.92. The molecule has 0 amide bonds. The van der Waals surface area contributed by atoms with E-state index in [1.807, 2.05) is 6.20 Å². The third kappa shape index (κ3) is 1.76. The fraction of sp³-hybridized carbons (Fsp3) is 0.706. The summed E-state index contributed by atoms with van der Waals surface area (Å²) in [4.78, 5) is 4.39. The topological polar surface area (TPSA) is 38.9 Å². The summed E-state index contributed by atoms with van der Waals surface area (Å²) in [6, 6.07) is 4.43. The third-order valence-electron chi connectivity index (χ3n) is 6.13. The highest BCUT2D eigenvalue weighted by atomic mass is 14.7. The molecule has 4 fully saturated rings. The molecule has 4 saturated carbocycles. The van der Waals surface area contributed by atoms with Gasteiger partial charge in [-0.25, -0.2) is 0 Å². The lowest BCUT2D eigenvalue weighted by atomic mass is 9.42. The van der Waals surface area contributed by atoms with Crippen molar-refractivity contribution in [2.75, 3.05) is 6.54 Å². The molecule has 0 aliphatic heterocycles. The van der Waals surface area contributed by atoms with Crippen LogP contribution in [0.1, 0.15) is 50.5 Å². The van der Waals surface area contributed by atoms with Gasteiger partial charge in [-0.2, -0.15) is 0 Å². The Kier molecular flexibility index (Phi) is 2.54. The standard InChI is InChI=1S/C17H24N2/c18-4-3-16-7-13-6-14(8-16)10-17(9-13,12-16)15-2-1-5-19-11-15/h1-2,5,11,13-14H,3-4,6-10,12,18H2. The van der Waals surface area contributed by atoms with Crippen LogP contribution in [-0.2, 0) is 5.41 Å². The van der Waals surface area contributed by atoms with Crippen molar-refractivity contribution in [1.29, 1.82) is 0 Å². The van der Waals surface area contributed by atoms with E-state index in [1.54, 1.807) is 0 Å². The first-order valence-electron chi connectivity index (χ1n) is 7.84. The van der Waals surface area contributed by atoms with Crippen LogP contribution in [0.15, 0.2) is 24.5 Å². The number of pyridine rings is 1. The zero-order valence-corrected chi connectivity index (χ0v) is 11.6. The van der Waals surface area contributed by atoms with Gasteiger partial charge in [-0.3, -0.25) is 4.98 Å². The molecule has 0 saturated heterocycles. The Morgan fingerprint density at radius 2 is 2.00 bits per heavy atom. The SMILES string of the molecule is NCCC12CC3CC(C1)CC(c1cccnc1)(C3)C2. The number of hydrogen-bond acceptors (Lipinski definition) is 2. The highest BCUT2D eigenvalue weighted by Crippen LogP contribution is 2.66. The Bertz CT molecular complexity index is 453. The van der Waals surface area contributed by atoms with Gasteiger partial charge in [0.2, 0.25) is 0 Å². The maximum absolute atomic E-state index is 5.92. The van der Waals surface area contributed by atoms with E-state index in [0.717, 1.165) is 18.4 Å². The van der Waals surface area contributed by atoms with Gasteiger partial charge in [-0.15, -0.1) is 0 Å². The van der Waals surface area contributed by atoms with E-state index in [4.69, 9.17) is 5.73 Å². The molecular formula is C17H24N2. The van der Waals surface area contributed by atoms with Gasteiger partial charge in [0.15, 0.2) is 0 Å². The van der Waals surface area contributed by atoms with Gasteiger partial charge in [0.1, 0.15) is 0 Å². The molecule has 2 nitrogen and oxygen atoms in total. The molecule has 2 unspecified atom stereocenters. The average Bonchev–Trinajstić information content (AvgIpc) is 2.38. The first-order valence-corrected chi connectivity index (χ1v) is 7.84. The number of nitrogens with two attached hydrogens (primary N) is 1. The summed E-state index contributed by atoms with van der Waals surface area (Å²) < 4.78 is 0. The van der Waals surface area contributed by atoms with Crippen molar-refractivity contribution in [3.8, 4) is 0 Å². The fourth-order valence-corrected chi connectivity index (χ4v) is 6.07. The summed E-state index contributed by atoms with van der Waals surface area (Å²) in [5.74, 6) is 1.90. The molecule has 2 N–H and O–H groups in total. The molecule has 19 heavy (non-hydrogen) atoms. The highest BCUT2D eigenvalue weighted by molar-refractivity contribution is 5.28. The number of nitrogens with zero attached hydrogens (tertiary/aromatic N) is 1. The van der Waals surface area contributed by atoms with E-state index in [-0.39, 0.29) is 0 Å². The van der Waals surface area contributed by atoms with Crippen LogP contribution in [0.2, 0.25) is 0 Å². The molecule has 4 aliphatic rings. The lowest BCUT2D eigenvalue weighted by Crippen LogP contribution is -2.54. The molecule has 102 valence electrons. The van der Waals surface area contributed by atoms with Crippen molar-refractivity contribution in [1.82, 2.24) is 4.98 Å². The Hall–Kier alpha value is -0.890. The summed E-state index contributed by atoms with van der Waals surface area (Å²) in [6.07, 6.45) is 13.8. The van der Waals surface area contributed by atoms with Gasteiger partial charge >= 0.3 is 0 Å². The molecule has 1 aromatic rings. The Morgan fingerprint density at radius 1 is 1.21 bits per heavy atom. The summed E-state index contributed by atoms with van der Waals surface area (Å²) in [7, 11) is 0. The van der Waals surface area contributed by atoms with Crippen LogP contribution in [0, 0.1) is 17.3 Å². The van der Waals surface area contributed by atoms with Crippen molar-refractivity contribution in [3.63, 3.8) is 0 Å². The van der Waals surface area contributed by atoms with E-state index < -0.39 is 0 Å². The summed E-state index contributed by atoms with van der Waals surface area (Å²) in [5, 5.41) is 0. The monoisotopic (exact) mass is 256 g/mol. The van der Waals surface area contributed by atoms with Crippen molar-refractivity contribution in [2.24, 2.45) is 23.0 Å². The van der Waals surface area contributed by atoms with Gasteiger partial charge in [0.25, 0.3) is 0 Å². The second kappa shape index (κ2) is 4.05. The minimum absolute atomic E-state index is 0.438. The molecule has 4 bridgehead atoms. The Labute approximate surface area is 115 Å². The van der Waals surface area contributed by atoms with Crippen LogP contribution < -0.4 is 5.73 Å². The molecule has 1 aromatic heterocycles. The Morgan fingerprint density at radius 3 is 2.63 bits per heavy atom. The predicted molar refractivity (Wildman–Crippen MR) is 76.7 cm³/mol. The van der Waals surface area contributed by atoms with Crippen LogP contribution in [-0.4, -0.2) is 11.5 Å². The summed E-state index contributed by atoms with van der Waals surface area (Å²) >= 11 is 0. The molecule has 0 spiro atoms. The zero-order chi connectivity index (χ0) is 12.9. The molecule has 1 heterocycles. The second-order valence-corrected chi connectivity index (χ2v) is 7.52. The lowest BCUT2D eigenvalue weighted by Gasteiger charge is -2.62. The maximum Gasteiger partial charge on any atom is 0.0305 e. The molecule has 2 heteroatoms. The Balaban J connectivity index is 1.74. The van der Waals surface area contributed by atoms with E-state index in [1.165, 1.54) is 50.5 Å². The van der Waals surface area contributed by atoms with Crippen molar-refractivity contribution in [3.05, 3.63) is 30.1 Å². The van der Waals surface area contributed by atoms with Gasteiger partial charge < -0.3 is 5.73 Å². The minimum Gasteiger partial charge on any atom is -0.330 e. The highest BCUT2D eigenvalue weighted by Gasteiger charge is 2.57. The molecule has 0 radical (unpaired) electrons. The molecule has 4 aliphatic carbocycles. The first kappa shape index (κ1) is 11.9. The van der Waals surface area contributed by atoms with Crippen molar-refractivity contribution >= 4 is 0 Å². The molecule has 0 aromatic carbocycles. The second-order valence-electron chi connectivity index (χ2n) is 7.52. The van der Waals surface area contributed by atoms with Crippen LogP contribution in [0.3, 0.4) is 0 Å². The van der Waals surface area contributed by atoms with Crippen molar-refractivity contribution in [2.45, 2.75) is 50.4 Å². The first-order chi connectivity index (χ1) is 9.24. The van der Waals surface area contributed by atoms with Crippen LogP contribution in [0.4, 0.5) is 0 Å². The average molecular weight is 256 g/mol. The van der Waals surface area contributed by atoms with Crippen LogP contribution in [0.25, 0.3) is 0 Å². The molecular weight excluding hydrogens is 232 g/mol. The normalized spacial score (nSPS) is 43.6. The van der Waals surface area contributed by atoms with E-state index >= 15 is 0 Å². The zero-order valence-electron chi connectivity index (χ0n) is 11.6. The molecule has 2 atom stereocenters. The van der Waals surface area contributed by atoms with Crippen LogP contribution >= 0.6 is 0 Å². The lowest BCUT2D eigenvalue weighted by molar-refractivity contribution is -0.0749. The number of aromatic nitrogens is 1. The predicted octanol–water partition coefficient (Wildman–Crippen LogP) is 3.27. The van der Waals surface area contributed by atoms with Gasteiger partial charge in [-0.05, 0) is 85.8 Å². The number of hydrogen-bond donors (Lipinski definition) is 1. The van der Waals surface area contributed by atoms with E-state index in [0.29, 0.717) is 10.8 Å². The van der Waals surface area contributed by atoms with Gasteiger partial charge in [0.05, 0.1) is 0 Å².